The first-order chi connectivity index (χ1) is 15.6. The molecule has 32 heavy (non-hydrogen) atoms. The fourth-order valence-corrected chi connectivity index (χ4v) is 5.44. The van der Waals surface area contributed by atoms with Crippen LogP contribution < -0.4 is 10.1 Å². The first-order valence-electron chi connectivity index (χ1n) is 10.7. The molecule has 2 aromatic carbocycles. The number of esters is 1. The highest BCUT2D eigenvalue weighted by Crippen LogP contribution is 2.40. The zero-order valence-electron chi connectivity index (χ0n) is 17.8. The minimum Gasteiger partial charge on any atom is -0.492 e. The first kappa shape index (κ1) is 22.6. The number of rotatable bonds is 8. The number of nitrogens with one attached hydrogen (secondary N) is 1. The molecule has 1 heterocycles. The summed E-state index contributed by atoms with van der Waals surface area (Å²) in [5, 5.41) is 3.50. The fraction of sp³-hybridized carbons (Fsp3) is 0.280. The number of aryl methyl sites for hydroxylation is 1. The summed E-state index contributed by atoms with van der Waals surface area (Å²) in [6, 6.07) is 15.4. The molecule has 5 nitrogen and oxygen atoms in total. The van der Waals surface area contributed by atoms with Gasteiger partial charge in [0.2, 0.25) is 0 Å². The quantitative estimate of drug-likeness (QED) is 0.372. The molecule has 1 N–H and O–H groups in total. The van der Waals surface area contributed by atoms with Crippen LogP contribution in [0.3, 0.4) is 0 Å². The average molecular weight is 514 g/mol. The highest BCUT2D eigenvalue weighted by Gasteiger charge is 2.29. The summed E-state index contributed by atoms with van der Waals surface area (Å²) >= 11 is 4.91. The van der Waals surface area contributed by atoms with Crippen molar-refractivity contribution in [1.82, 2.24) is 0 Å². The van der Waals surface area contributed by atoms with Gasteiger partial charge in [0.25, 0.3) is 5.91 Å². The molecule has 1 amide bonds. The Morgan fingerprint density at radius 3 is 2.72 bits per heavy atom. The first-order valence-corrected chi connectivity index (χ1v) is 12.3. The molecule has 0 radical (unpaired) electrons. The topological polar surface area (TPSA) is 64.6 Å². The zero-order valence-corrected chi connectivity index (χ0v) is 20.2. The van der Waals surface area contributed by atoms with Crippen molar-refractivity contribution < 1.29 is 19.1 Å². The molecule has 4 rings (SSSR count). The molecule has 3 aromatic rings. The van der Waals surface area contributed by atoms with Crippen LogP contribution in [0.2, 0.25) is 0 Å². The van der Waals surface area contributed by atoms with Crippen molar-refractivity contribution in [2.75, 3.05) is 18.5 Å². The second-order valence-corrected chi connectivity index (χ2v) is 9.48. The van der Waals surface area contributed by atoms with Gasteiger partial charge in [-0.15, -0.1) is 11.3 Å². The number of hydrogen-bond donors (Lipinski definition) is 1. The fourth-order valence-electron chi connectivity index (χ4n) is 3.81. The van der Waals surface area contributed by atoms with Crippen LogP contribution in [0.1, 0.15) is 50.1 Å². The van der Waals surface area contributed by atoms with Crippen molar-refractivity contribution in [2.24, 2.45) is 0 Å². The molecule has 7 heteroatoms. The Hall–Kier alpha value is -2.64. The number of fused-ring (bicyclic) bond motifs is 1. The maximum absolute atomic E-state index is 13.2. The third-order valence-corrected chi connectivity index (χ3v) is 7.01. The Bertz CT molecular complexity index is 1130. The van der Waals surface area contributed by atoms with Crippen LogP contribution in [0.5, 0.6) is 5.75 Å². The van der Waals surface area contributed by atoms with Crippen molar-refractivity contribution in [3.8, 4) is 5.75 Å². The molecular formula is C25H24BrNO4S. The lowest BCUT2D eigenvalue weighted by Gasteiger charge is -2.13. The third-order valence-electron chi connectivity index (χ3n) is 5.31. The number of carbonyl (C=O) groups excluding carboxylic acids is 2. The standard InChI is InChI=1S/C25H24BrNO4S/c1-2-30-25(29)22-18-9-6-10-21(18)32-24(22)27-23(28)19-15-17(26)11-12-20(19)31-14-13-16-7-4-3-5-8-16/h3-5,7-8,11-12,15H,2,6,9-10,13-14H2,1H3,(H,27,28). The largest absolute Gasteiger partial charge is 0.492 e. The van der Waals surface area contributed by atoms with Gasteiger partial charge in [-0.2, -0.15) is 0 Å². The summed E-state index contributed by atoms with van der Waals surface area (Å²) in [5.74, 6) is -0.189. The molecule has 1 aromatic heterocycles. The molecule has 0 saturated heterocycles. The molecule has 0 atom stereocenters. The van der Waals surface area contributed by atoms with E-state index in [0.717, 1.165) is 40.6 Å². The molecule has 1 aliphatic rings. The van der Waals surface area contributed by atoms with E-state index in [1.807, 2.05) is 36.4 Å². The van der Waals surface area contributed by atoms with E-state index in [1.165, 1.54) is 16.9 Å². The Morgan fingerprint density at radius 1 is 1.12 bits per heavy atom. The van der Waals surface area contributed by atoms with Gasteiger partial charge >= 0.3 is 5.97 Å². The Labute approximate surface area is 199 Å². The maximum Gasteiger partial charge on any atom is 0.341 e. The number of carbonyl (C=O) groups is 2. The van der Waals surface area contributed by atoms with Crippen LogP contribution in [0.4, 0.5) is 5.00 Å². The summed E-state index contributed by atoms with van der Waals surface area (Å²) in [6.07, 6.45) is 3.52. The summed E-state index contributed by atoms with van der Waals surface area (Å²) in [6.45, 7) is 2.53. The van der Waals surface area contributed by atoms with Gasteiger partial charge in [0, 0.05) is 15.8 Å². The van der Waals surface area contributed by atoms with E-state index >= 15 is 0 Å². The van der Waals surface area contributed by atoms with E-state index in [1.54, 1.807) is 19.1 Å². The van der Waals surface area contributed by atoms with E-state index < -0.39 is 0 Å². The summed E-state index contributed by atoms with van der Waals surface area (Å²) < 4.78 is 12.0. The van der Waals surface area contributed by atoms with Crippen LogP contribution >= 0.6 is 27.3 Å². The van der Waals surface area contributed by atoms with E-state index in [9.17, 15) is 9.59 Å². The lowest BCUT2D eigenvalue weighted by molar-refractivity contribution is 0.0527. The molecule has 0 unspecified atom stereocenters. The van der Waals surface area contributed by atoms with Crippen molar-refractivity contribution in [1.29, 1.82) is 0 Å². The van der Waals surface area contributed by atoms with Gasteiger partial charge in [-0.05, 0) is 55.5 Å². The Balaban J connectivity index is 1.54. The van der Waals surface area contributed by atoms with Crippen LogP contribution in [0, 0.1) is 0 Å². The third kappa shape index (κ3) is 5.05. The van der Waals surface area contributed by atoms with Crippen LogP contribution in [0.25, 0.3) is 0 Å². The van der Waals surface area contributed by atoms with Gasteiger partial charge in [-0.25, -0.2) is 4.79 Å². The molecule has 0 fully saturated rings. The van der Waals surface area contributed by atoms with Crippen molar-refractivity contribution in [3.63, 3.8) is 0 Å². The second kappa shape index (κ2) is 10.3. The highest BCUT2D eigenvalue weighted by molar-refractivity contribution is 9.10. The summed E-state index contributed by atoms with van der Waals surface area (Å²) in [5.41, 5.74) is 3.09. The van der Waals surface area contributed by atoms with Gasteiger partial charge in [-0.3, -0.25) is 4.79 Å². The van der Waals surface area contributed by atoms with Gasteiger partial charge in [0.1, 0.15) is 10.8 Å². The molecule has 166 valence electrons. The van der Waals surface area contributed by atoms with Crippen molar-refractivity contribution in [3.05, 3.63) is 80.1 Å². The lowest BCUT2D eigenvalue weighted by atomic mass is 10.1. The average Bonchev–Trinajstić information content (AvgIpc) is 3.36. The maximum atomic E-state index is 13.2. The van der Waals surface area contributed by atoms with Crippen molar-refractivity contribution in [2.45, 2.75) is 32.6 Å². The molecular weight excluding hydrogens is 490 g/mol. The summed E-state index contributed by atoms with van der Waals surface area (Å²) in [7, 11) is 0. The Morgan fingerprint density at radius 2 is 1.94 bits per heavy atom. The number of ether oxygens (including phenoxy) is 2. The van der Waals surface area contributed by atoms with Crippen LogP contribution in [-0.2, 0) is 24.0 Å². The molecule has 0 saturated carbocycles. The van der Waals surface area contributed by atoms with Gasteiger partial charge in [0.05, 0.1) is 24.3 Å². The number of benzene rings is 2. The lowest BCUT2D eigenvalue weighted by Crippen LogP contribution is -2.16. The van der Waals surface area contributed by atoms with Crippen molar-refractivity contribution >= 4 is 44.1 Å². The molecule has 0 bridgehead atoms. The molecule has 0 spiro atoms. The number of hydrogen-bond acceptors (Lipinski definition) is 5. The minimum atomic E-state index is -0.379. The SMILES string of the molecule is CCOC(=O)c1c(NC(=O)c2cc(Br)ccc2OCCc2ccccc2)sc2c1CCC2. The zero-order chi connectivity index (χ0) is 22.5. The number of anilines is 1. The second-order valence-electron chi connectivity index (χ2n) is 7.46. The normalized spacial score (nSPS) is 12.3. The number of amides is 1. The Kier molecular flexibility index (Phi) is 7.27. The molecule has 1 aliphatic carbocycles. The van der Waals surface area contributed by atoms with Crippen LogP contribution in [-0.4, -0.2) is 25.1 Å². The highest BCUT2D eigenvalue weighted by atomic mass is 79.9. The number of thiophene rings is 1. The van der Waals surface area contributed by atoms with E-state index in [0.29, 0.717) is 35.1 Å². The van der Waals surface area contributed by atoms with E-state index in [-0.39, 0.29) is 11.9 Å². The predicted molar refractivity (Wildman–Crippen MR) is 130 cm³/mol. The van der Waals surface area contributed by atoms with Gasteiger partial charge in [-0.1, -0.05) is 46.3 Å². The summed E-state index contributed by atoms with van der Waals surface area (Å²) in [4.78, 5) is 27.0. The van der Waals surface area contributed by atoms with E-state index in [4.69, 9.17) is 9.47 Å². The van der Waals surface area contributed by atoms with Gasteiger partial charge in [0.15, 0.2) is 0 Å². The smallest absolute Gasteiger partial charge is 0.341 e. The molecule has 0 aliphatic heterocycles. The monoisotopic (exact) mass is 513 g/mol. The van der Waals surface area contributed by atoms with E-state index in [2.05, 4.69) is 21.2 Å². The van der Waals surface area contributed by atoms with Gasteiger partial charge < -0.3 is 14.8 Å². The predicted octanol–water partition coefficient (Wildman–Crippen LogP) is 6.05. The number of halogens is 1. The minimum absolute atomic E-state index is 0.294. The van der Waals surface area contributed by atoms with Crippen LogP contribution in [0.15, 0.2) is 53.0 Å².